The van der Waals surface area contributed by atoms with Gasteiger partial charge in [0, 0.05) is 18.0 Å². The van der Waals surface area contributed by atoms with Crippen molar-refractivity contribution in [2.24, 2.45) is 0 Å². The topological polar surface area (TPSA) is 38.3 Å². The van der Waals surface area contributed by atoms with Crippen LogP contribution in [0.3, 0.4) is 0 Å². The van der Waals surface area contributed by atoms with Gasteiger partial charge in [-0.2, -0.15) is 0 Å². The van der Waals surface area contributed by atoms with Gasteiger partial charge in [-0.3, -0.25) is 4.79 Å². The van der Waals surface area contributed by atoms with Crippen molar-refractivity contribution in [2.45, 2.75) is 19.3 Å². The van der Waals surface area contributed by atoms with E-state index >= 15 is 0 Å². The molecule has 0 spiro atoms. The molecule has 1 aromatic carbocycles. The highest BCUT2D eigenvalue weighted by molar-refractivity contribution is 6.17. The van der Waals surface area contributed by atoms with Gasteiger partial charge in [-0.15, -0.1) is 11.6 Å². The molecule has 0 radical (unpaired) electrons. The second kappa shape index (κ2) is 7.96. The Balaban J connectivity index is 2.36. The summed E-state index contributed by atoms with van der Waals surface area (Å²) in [6, 6.07) is 7.13. The molecule has 4 heteroatoms. The molecule has 0 atom stereocenters. The summed E-state index contributed by atoms with van der Waals surface area (Å²) in [4.78, 5) is 11.8. The van der Waals surface area contributed by atoms with E-state index in [1.807, 2.05) is 6.07 Å². The smallest absolute Gasteiger partial charge is 0.251 e. The lowest BCUT2D eigenvalue weighted by Gasteiger charge is -2.06. The van der Waals surface area contributed by atoms with Gasteiger partial charge in [-0.05, 0) is 31.0 Å². The highest BCUT2D eigenvalue weighted by Crippen LogP contribution is 2.12. The van der Waals surface area contributed by atoms with Crippen molar-refractivity contribution < 1.29 is 9.53 Å². The Bertz CT molecular complexity index is 355. The molecular weight excluding hydrogens is 238 g/mol. The minimum atomic E-state index is -0.0604. The van der Waals surface area contributed by atoms with Crippen molar-refractivity contribution in [1.29, 1.82) is 0 Å². The van der Waals surface area contributed by atoms with Crippen LogP contribution in [0.5, 0.6) is 5.75 Å². The second-order valence-corrected chi connectivity index (χ2v) is 4.12. The number of alkyl halides is 1. The largest absolute Gasteiger partial charge is 0.497 e. The first kappa shape index (κ1) is 13.8. The molecule has 0 saturated carbocycles. The fraction of sp³-hybridized carbons (Fsp3) is 0.462. The van der Waals surface area contributed by atoms with Gasteiger partial charge in [0.2, 0.25) is 0 Å². The molecule has 17 heavy (non-hydrogen) atoms. The van der Waals surface area contributed by atoms with E-state index in [2.05, 4.69) is 5.32 Å². The van der Waals surface area contributed by atoms with Gasteiger partial charge in [-0.25, -0.2) is 0 Å². The van der Waals surface area contributed by atoms with Crippen LogP contribution >= 0.6 is 11.6 Å². The first-order chi connectivity index (χ1) is 8.27. The molecule has 1 rings (SSSR count). The number of hydrogen-bond donors (Lipinski definition) is 1. The van der Waals surface area contributed by atoms with Gasteiger partial charge in [0.05, 0.1) is 7.11 Å². The van der Waals surface area contributed by atoms with E-state index in [1.54, 1.807) is 25.3 Å². The summed E-state index contributed by atoms with van der Waals surface area (Å²) in [5.41, 5.74) is 0.627. The average Bonchev–Trinajstić information content (AvgIpc) is 2.38. The normalized spacial score (nSPS) is 10.0. The van der Waals surface area contributed by atoms with Gasteiger partial charge in [0.15, 0.2) is 0 Å². The Kier molecular flexibility index (Phi) is 6.48. The maximum atomic E-state index is 11.8. The van der Waals surface area contributed by atoms with Gasteiger partial charge in [0.1, 0.15) is 5.75 Å². The SMILES string of the molecule is COc1cccc(C(=O)NCCCCCCl)c1. The number of benzene rings is 1. The fourth-order valence-electron chi connectivity index (χ4n) is 1.46. The van der Waals surface area contributed by atoms with Crippen LogP contribution in [0.1, 0.15) is 29.6 Å². The lowest BCUT2D eigenvalue weighted by Crippen LogP contribution is -2.24. The van der Waals surface area contributed by atoms with Crippen molar-refractivity contribution in [2.75, 3.05) is 19.5 Å². The third-order valence-electron chi connectivity index (χ3n) is 2.43. The lowest BCUT2D eigenvalue weighted by molar-refractivity contribution is 0.0952. The van der Waals surface area contributed by atoms with Crippen molar-refractivity contribution in [3.8, 4) is 5.75 Å². The summed E-state index contributed by atoms with van der Waals surface area (Å²) < 4.78 is 5.07. The minimum absolute atomic E-state index is 0.0604. The van der Waals surface area contributed by atoms with E-state index in [0.717, 1.165) is 19.3 Å². The number of hydrogen-bond acceptors (Lipinski definition) is 2. The predicted molar refractivity (Wildman–Crippen MR) is 69.9 cm³/mol. The van der Waals surface area contributed by atoms with Crippen molar-refractivity contribution >= 4 is 17.5 Å². The summed E-state index contributed by atoms with van der Waals surface area (Å²) in [7, 11) is 1.59. The number of ether oxygens (including phenoxy) is 1. The molecule has 3 nitrogen and oxygen atoms in total. The highest BCUT2D eigenvalue weighted by Gasteiger charge is 2.05. The molecular formula is C13H18ClNO2. The monoisotopic (exact) mass is 255 g/mol. The maximum Gasteiger partial charge on any atom is 0.251 e. The van der Waals surface area contributed by atoms with Crippen LogP contribution in [0, 0.1) is 0 Å². The number of methoxy groups -OCH3 is 1. The minimum Gasteiger partial charge on any atom is -0.497 e. The standard InChI is InChI=1S/C13H18ClNO2/c1-17-12-7-5-6-11(10-12)13(16)15-9-4-2-3-8-14/h5-7,10H,2-4,8-9H2,1H3,(H,15,16). The zero-order chi connectivity index (χ0) is 12.5. The first-order valence-corrected chi connectivity index (χ1v) is 6.29. The van der Waals surface area contributed by atoms with Gasteiger partial charge in [-0.1, -0.05) is 12.5 Å². The molecule has 0 aliphatic rings. The molecule has 0 aliphatic heterocycles. The van der Waals surface area contributed by atoms with Crippen molar-refractivity contribution in [3.63, 3.8) is 0 Å². The van der Waals surface area contributed by atoms with Crippen LogP contribution in [0.4, 0.5) is 0 Å². The molecule has 1 amide bonds. The Hall–Kier alpha value is -1.22. The number of nitrogens with one attached hydrogen (secondary N) is 1. The van der Waals surface area contributed by atoms with E-state index in [9.17, 15) is 4.79 Å². The van der Waals surface area contributed by atoms with Crippen molar-refractivity contribution in [1.82, 2.24) is 5.32 Å². The van der Waals surface area contributed by atoms with Crippen LogP contribution in [0.15, 0.2) is 24.3 Å². The van der Waals surface area contributed by atoms with E-state index < -0.39 is 0 Å². The highest BCUT2D eigenvalue weighted by atomic mass is 35.5. The molecule has 0 aliphatic carbocycles. The molecule has 0 aromatic heterocycles. The molecule has 1 N–H and O–H groups in total. The average molecular weight is 256 g/mol. The number of unbranched alkanes of at least 4 members (excludes halogenated alkanes) is 2. The van der Waals surface area contributed by atoms with Crippen LogP contribution in [-0.2, 0) is 0 Å². The summed E-state index contributed by atoms with van der Waals surface area (Å²) in [5.74, 6) is 1.32. The first-order valence-electron chi connectivity index (χ1n) is 5.76. The van der Waals surface area contributed by atoms with Crippen molar-refractivity contribution in [3.05, 3.63) is 29.8 Å². The van der Waals surface area contributed by atoms with Gasteiger partial charge in [0.25, 0.3) is 5.91 Å². The molecule has 1 aromatic rings. The van der Waals surface area contributed by atoms with Gasteiger partial charge < -0.3 is 10.1 Å². The number of amides is 1. The number of rotatable bonds is 7. The summed E-state index contributed by atoms with van der Waals surface area (Å²) in [6.45, 7) is 0.687. The van der Waals surface area contributed by atoms with Crippen LogP contribution < -0.4 is 10.1 Å². The van der Waals surface area contributed by atoms with E-state index in [4.69, 9.17) is 16.3 Å². The zero-order valence-corrected chi connectivity index (χ0v) is 10.8. The van der Waals surface area contributed by atoms with Crippen LogP contribution in [-0.4, -0.2) is 25.4 Å². The molecule has 0 bridgehead atoms. The number of carbonyl (C=O) groups is 1. The fourth-order valence-corrected chi connectivity index (χ4v) is 1.65. The quantitative estimate of drug-likeness (QED) is 0.601. The summed E-state index contributed by atoms with van der Waals surface area (Å²) in [6.07, 6.45) is 3.00. The van der Waals surface area contributed by atoms with E-state index in [0.29, 0.717) is 23.7 Å². The van der Waals surface area contributed by atoms with Crippen LogP contribution in [0.2, 0.25) is 0 Å². The van der Waals surface area contributed by atoms with E-state index in [-0.39, 0.29) is 5.91 Å². The molecule has 0 saturated heterocycles. The number of halogens is 1. The number of carbonyl (C=O) groups excluding carboxylic acids is 1. The molecule has 94 valence electrons. The maximum absolute atomic E-state index is 11.8. The third kappa shape index (κ3) is 5.09. The Morgan fingerprint density at radius 3 is 2.88 bits per heavy atom. The summed E-state index contributed by atoms with van der Waals surface area (Å²) in [5, 5.41) is 2.87. The molecule has 0 unspecified atom stereocenters. The van der Waals surface area contributed by atoms with E-state index in [1.165, 1.54) is 0 Å². The summed E-state index contributed by atoms with van der Waals surface area (Å²) >= 11 is 5.57. The predicted octanol–water partition coefficient (Wildman–Crippen LogP) is 2.83. The Morgan fingerprint density at radius 2 is 2.18 bits per heavy atom. The third-order valence-corrected chi connectivity index (χ3v) is 2.70. The van der Waals surface area contributed by atoms with Crippen LogP contribution in [0.25, 0.3) is 0 Å². The second-order valence-electron chi connectivity index (χ2n) is 3.74. The molecule has 0 heterocycles. The van der Waals surface area contributed by atoms with Gasteiger partial charge >= 0.3 is 0 Å². The molecule has 0 fully saturated rings. The Labute approximate surface area is 107 Å². The lowest BCUT2D eigenvalue weighted by atomic mass is 10.2. The zero-order valence-electron chi connectivity index (χ0n) is 10.0. The Morgan fingerprint density at radius 1 is 1.35 bits per heavy atom.